The number of hydrogen-bond donors (Lipinski definition) is 1. The lowest BCUT2D eigenvalue weighted by Crippen LogP contribution is -2.29. The molecule has 4 nitrogen and oxygen atoms in total. The molecule has 2 aliphatic rings. The summed E-state index contributed by atoms with van der Waals surface area (Å²) in [5.41, 5.74) is 2.59. The number of aromatic nitrogens is 2. The topological polar surface area (TPSA) is 47.0 Å². The van der Waals surface area contributed by atoms with Gasteiger partial charge in [-0.3, -0.25) is 0 Å². The van der Waals surface area contributed by atoms with E-state index in [0.29, 0.717) is 6.61 Å². The van der Waals surface area contributed by atoms with Gasteiger partial charge < -0.3 is 10.1 Å². The third kappa shape index (κ3) is 3.76. The van der Waals surface area contributed by atoms with Crippen molar-refractivity contribution in [1.82, 2.24) is 15.3 Å². The van der Waals surface area contributed by atoms with Crippen molar-refractivity contribution in [3.63, 3.8) is 0 Å². The zero-order chi connectivity index (χ0) is 13.8. The molecule has 0 saturated heterocycles. The minimum absolute atomic E-state index is 0.549. The van der Waals surface area contributed by atoms with Gasteiger partial charge in [0.1, 0.15) is 6.61 Å². The molecular weight excluding hydrogens is 250 g/mol. The van der Waals surface area contributed by atoms with Crippen LogP contribution < -0.4 is 5.32 Å². The molecule has 1 aromatic rings. The molecule has 1 unspecified atom stereocenters. The van der Waals surface area contributed by atoms with Crippen molar-refractivity contribution < 1.29 is 4.74 Å². The molecule has 4 heteroatoms. The Balaban J connectivity index is 1.53. The lowest BCUT2D eigenvalue weighted by atomic mass is 9.87. The summed E-state index contributed by atoms with van der Waals surface area (Å²) < 4.78 is 5.52. The molecule has 1 fully saturated rings. The highest BCUT2D eigenvalue weighted by atomic mass is 16.5. The Kier molecular flexibility index (Phi) is 4.63. The number of nitrogens with one attached hydrogen (secondary N) is 1. The first-order valence-electron chi connectivity index (χ1n) is 8.00. The van der Waals surface area contributed by atoms with E-state index in [1.165, 1.54) is 30.5 Å². The van der Waals surface area contributed by atoms with Gasteiger partial charge in [0.15, 0.2) is 5.82 Å². The smallest absolute Gasteiger partial charge is 0.154 e. The molecule has 2 aliphatic carbocycles. The van der Waals surface area contributed by atoms with E-state index in [0.717, 1.165) is 50.2 Å². The van der Waals surface area contributed by atoms with E-state index in [9.17, 15) is 0 Å². The Hall–Kier alpha value is -1.00. The van der Waals surface area contributed by atoms with Gasteiger partial charge in [0.25, 0.3) is 0 Å². The van der Waals surface area contributed by atoms with E-state index >= 15 is 0 Å². The summed E-state index contributed by atoms with van der Waals surface area (Å²) in [5.74, 6) is 1.60. The molecule has 0 radical (unpaired) electrons. The fourth-order valence-corrected chi connectivity index (χ4v) is 2.80. The zero-order valence-electron chi connectivity index (χ0n) is 12.4. The Morgan fingerprint density at radius 3 is 3.05 bits per heavy atom. The molecule has 0 aliphatic heterocycles. The van der Waals surface area contributed by atoms with Gasteiger partial charge in [-0.05, 0) is 56.6 Å². The summed E-state index contributed by atoms with van der Waals surface area (Å²) in [6.07, 6.45) is 9.28. The summed E-state index contributed by atoms with van der Waals surface area (Å²) in [7, 11) is 0. The maximum Gasteiger partial charge on any atom is 0.154 e. The SMILES string of the molecule is CCCOCc1ncc2c(n1)CCC(CNC1CC1)C2. The van der Waals surface area contributed by atoms with Gasteiger partial charge in [-0.2, -0.15) is 0 Å². The number of fused-ring (bicyclic) bond motifs is 1. The molecule has 0 bridgehead atoms. The summed E-state index contributed by atoms with van der Waals surface area (Å²) in [6, 6.07) is 0.811. The van der Waals surface area contributed by atoms with Gasteiger partial charge in [0.2, 0.25) is 0 Å². The lowest BCUT2D eigenvalue weighted by Gasteiger charge is -2.24. The van der Waals surface area contributed by atoms with Crippen LogP contribution in [0.25, 0.3) is 0 Å². The van der Waals surface area contributed by atoms with E-state index in [-0.39, 0.29) is 0 Å². The second kappa shape index (κ2) is 6.64. The van der Waals surface area contributed by atoms with Crippen LogP contribution >= 0.6 is 0 Å². The van der Waals surface area contributed by atoms with Crippen molar-refractivity contribution in [2.45, 2.75) is 58.1 Å². The maximum absolute atomic E-state index is 5.52. The monoisotopic (exact) mass is 275 g/mol. The van der Waals surface area contributed by atoms with Crippen LogP contribution in [0.3, 0.4) is 0 Å². The molecule has 1 aromatic heterocycles. The van der Waals surface area contributed by atoms with E-state index < -0.39 is 0 Å². The van der Waals surface area contributed by atoms with Crippen LogP contribution in [0.4, 0.5) is 0 Å². The van der Waals surface area contributed by atoms with Gasteiger partial charge in [-0.25, -0.2) is 9.97 Å². The van der Waals surface area contributed by atoms with Crippen molar-refractivity contribution in [3.05, 3.63) is 23.3 Å². The van der Waals surface area contributed by atoms with Crippen LogP contribution in [0.5, 0.6) is 0 Å². The third-order valence-electron chi connectivity index (χ3n) is 4.15. The van der Waals surface area contributed by atoms with Gasteiger partial charge in [-0.1, -0.05) is 6.92 Å². The van der Waals surface area contributed by atoms with Gasteiger partial charge in [-0.15, -0.1) is 0 Å². The van der Waals surface area contributed by atoms with Crippen LogP contribution in [0.1, 0.15) is 49.7 Å². The van der Waals surface area contributed by atoms with Crippen molar-refractivity contribution in [2.24, 2.45) is 5.92 Å². The Labute approximate surface area is 121 Å². The summed E-state index contributed by atoms with van der Waals surface area (Å²) in [5, 5.41) is 3.64. The van der Waals surface area contributed by atoms with E-state index in [2.05, 4.69) is 22.2 Å². The molecular formula is C16H25N3O. The highest BCUT2D eigenvalue weighted by Gasteiger charge is 2.24. The second-order valence-corrected chi connectivity index (χ2v) is 6.10. The van der Waals surface area contributed by atoms with Gasteiger partial charge >= 0.3 is 0 Å². The Morgan fingerprint density at radius 1 is 1.35 bits per heavy atom. The van der Waals surface area contributed by atoms with Crippen molar-refractivity contribution in [2.75, 3.05) is 13.2 Å². The fourth-order valence-electron chi connectivity index (χ4n) is 2.80. The van der Waals surface area contributed by atoms with Gasteiger partial charge in [0.05, 0.1) is 0 Å². The van der Waals surface area contributed by atoms with Crippen LogP contribution in [0.2, 0.25) is 0 Å². The maximum atomic E-state index is 5.52. The van der Waals surface area contributed by atoms with E-state index in [4.69, 9.17) is 4.74 Å². The van der Waals surface area contributed by atoms with Crippen LogP contribution in [-0.4, -0.2) is 29.2 Å². The van der Waals surface area contributed by atoms with Crippen molar-refractivity contribution >= 4 is 0 Å². The summed E-state index contributed by atoms with van der Waals surface area (Å²) >= 11 is 0. The molecule has 1 atom stereocenters. The normalized spacial score (nSPS) is 21.8. The zero-order valence-corrected chi connectivity index (χ0v) is 12.4. The number of rotatable bonds is 7. The highest BCUT2D eigenvalue weighted by molar-refractivity contribution is 5.21. The Bertz CT molecular complexity index is 445. The van der Waals surface area contributed by atoms with Crippen LogP contribution in [0.15, 0.2) is 6.20 Å². The van der Waals surface area contributed by atoms with Crippen molar-refractivity contribution in [3.8, 4) is 0 Å². The average Bonchev–Trinajstić information content (AvgIpc) is 3.29. The minimum Gasteiger partial charge on any atom is -0.373 e. The largest absolute Gasteiger partial charge is 0.373 e. The molecule has 1 saturated carbocycles. The molecule has 1 heterocycles. The summed E-state index contributed by atoms with van der Waals surface area (Å²) in [6.45, 7) is 4.61. The van der Waals surface area contributed by atoms with Crippen LogP contribution in [-0.2, 0) is 24.2 Å². The summed E-state index contributed by atoms with van der Waals surface area (Å²) in [4.78, 5) is 9.12. The fraction of sp³-hybridized carbons (Fsp3) is 0.750. The first kappa shape index (κ1) is 14.0. The molecule has 3 rings (SSSR count). The molecule has 110 valence electrons. The Morgan fingerprint density at radius 2 is 2.25 bits per heavy atom. The number of hydrogen-bond acceptors (Lipinski definition) is 4. The number of aryl methyl sites for hydroxylation is 1. The van der Waals surface area contributed by atoms with E-state index in [1.54, 1.807) is 0 Å². The van der Waals surface area contributed by atoms with E-state index in [1.807, 2.05) is 6.20 Å². The molecule has 0 spiro atoms. The minimum atomic E-state index is 0.549. The number of nitrogens with zero attached hydrogens (tertiary/aromatic N) is 2. The van der Waals surface area contributed by atoms with Crippen LogP contribution in [0, 0.1) is 5.92 Å². The van der Waals surface area contributed by atoms with Gasteiger partial charge in [0, 0.05) is 24.5 Å². The third-order valence-corrected chi connectivity index (χ3v) is 4.15. The molecule has 0 amide bonds. The molecule has 1 N–H and O–H groups in total. The first-order valence-corrected chi connectivity index (χ1v) is 8.00. The predicted octanol–water partition coefficient (Wildman–Crippen LogP) is 2.26. The molecule has 0 aromatic carbocycles. The average molecular weight is 275 g/mol. The molecule has 20 heavy (non-hydrogen) atoms. The highest BCUT2D eigenvalue weighted by Crippen LogP contribution is 2.25. The standard InChI is InChI=1S/C16H25N3O/c1-2-7-20-11-16-18-10-13-8-12(3-6-15(13)19-16)9-17-14-4-5-14/h10,12,14,17H,2-9,11H2,1H3. The predicted molar refractivity (Wildman–Crippen MR) is 78.5 cm³/mol. The first-order chi connectivity index (χ1) is 9.85. The number of ether oxygens (including phenoxy) is 1. The quantitative estimate of drug-likeness (QED) is 0.775. The lowest BCUT2D eigenvalue weighted by molar-refractivity contribution is 0.115. The second-order valence-electron chi connectivity index (χ2n) is 6.10. The van der Waals surface area contributed by atoms with Crippen molar-refractivity contribution in [1.29, 1.82) is 0 Å².